The van der Waals surface area contributed by atoms with E-state index in [0.717, 1.165) is 24.3 Å². The molecule has 1 atom stereocenters. The van der Waals surface area contributed by atoms with Crippen molar-refractivity contribution >= 4 is 48.2 Å². The number of carbonyl (C=O) groups is 1. The van der Waals surface area contributed by atoms with E-state index in [9.17, 15) is 4.79 Å². The van der Waals surface area contributed by atoms with E-state index in [4.69, 9.17) is 10.8 Å². The molecule has 0 aliphatic carbocycles. The van der Waals surface area contributed by atoms with Gasteiger partial charge in [-0.2, -0.15) is 11.8 Å². The van der Waals surface area contributed by atoms with Gasteiger partial charge >= 0.3 is 5.97 Å². The highest BCUT2D eigenvalue weighted by Gasteiger charge is 2.09. The fourth-order valence-electron chi connectivity index (χ4n) is 1.77. The molecule has 0 radical (unpaired) electrons. The van der Waals surface area contributed by atoms with Crippen molar-refractivity contribution in [3.63, 3.8) is 0 Å². The Hall–Kier alpha value is -0.620. The standard InChI is InChI=1S/C15H24N2O2S.2ClH/c1-17(2)13-8-6-12(7-9-13)11-20-10-4-3-5-14(16)15(18)19;;/h6-9,14H,3-5,10-11,16H2,1-2H3,(H,18,19);2*1H/t14-;;/m0../s1. The van der Waals surface area contributed by atoms with Crippen LogP contribution in [0.3, 0.4) is 0 Å². The summed E-state index contributed by atoms with van der Waals surface area (Å²) in [6.45, 7) is 0. The van der Waals surface area contributed by atoms with E-state index in [0.29, 0.717) is 6.42 Å². The summed E-state index contributed by atoms with van der Waals surface area (Å²) in [6.07, 6.45) is 2.45. The van der Waals surface area contributed by atoms with E-state index >= 15 is 0 Å². The number of carboxylic acid groups (broad SMARTS) is 1. The second kappa shape index (κ2) is 12.9. The van der Waals surface area contributed by atoms with Gasteiger partial charge in [0.05, 0.1) is 0 Å². The maximum Gasteiger partial charge on any atom is 0.320 e. The Kier molecular flexibility index (Phi) is 13.8. The van der Waals surface area contributed by atoms with Gasteiger partial charge in [0, 0.05) is 25.5 Å². The van der Waals surface area contributed by atoms with Crippen molar-refractivity contribution in [1.29, 1.82) is 0 Å². The SMILES string of the molecule is CN(C)c1ccc(CSCCCC[C@H](N)C(=O)O)cc1.Cl.Cl. The number of nitrogens with zero attached hydrogens (tertiary/aromatic N) is 1. The monoisotopic (exact) mass is 368 g/mol. The van der Waals surface area contributed by atoms with Crippen LogP contribution in [-0.2, 0) is 10.5 Å². The lowest BCUT2D eigenvalue weighted by molar-refractivity contribution is -0.138. The number of unbranched alkanes of at least 4 members (excludes halogenated alkanes) is 1. The van der Waals surface area contributed by atoms with Crippen molar-refractivity contribution in [3.05, 3.63) is 29.8 Å². The van der Waals surface area contributed by atoms with E-state index in [1.54, 1.807) is 0 Å². The summed E-state index contributed by atoms with van der Waals surface area (Å²) in [5, 5.41) is 8.66. The molecule has 0 saturated carbocycles. The summed E-state index contributed by atoms with van der Waals surface area (Å²) in [6, 6.07) is 7.85. The molecular formula is C15H26Cl2N2O2S. The van der Waals surface area contributed by atoms with Gasteiger partial charge in [0.25, 0.3) is 0 Å². The van der Waals surface area contributed by atoms with Gasteiger partial charge in [-0.15, -0.1) is 24.8 Å². The quantitative estimate of drug-likeness (QED) is 0.653. The summed E-state index contributed by atoms with van der Waals surface area (Å²) in [5.74, 6) is 1.14. The van der Waals surface area contributed by atoms with Gasteiger partial charge in [-0.25, -0.2) is 0 Å². The lowest BCUT2D eigenvalue weighted by Crippen LogP contribution is -2.29. The Morgan fingerprint density at radius 3 is 2.32 bits per heavy atom. The van der Waals surface area contributed by atoms with Gasteiger partial charge in [-0.3, -0.25) is 4.79 Å². The second-order valence-electron chi connectivity index (χ2n) is 5.05. The van der Waals surface area contributed by atoms with Crippen LogP contribution >= 0.6 is 36.6 Å². The Bertz CT molecular complexity index is 417. The topological polar surface area (TPSA) is 66.6 Å². The number of rotatable bonds is 9. The van der Waals surface area contributed by atoms with Crippen LogP contribution in [0.15, 0.2) is 24.3 Å². The number of halogens is 2. The van der Waals surface area contributed by atoms with Gasteiger partial charge in [-0.05, 0) is 36.3 Å². The number of benzene rings is 1. The first-order valence-electron chi connectivity index (χ1n) is 6.83. The average molecular weight is 369 g/mol. The van der Waals surface area contributed by atoms with Crippen molar-refractivity contribution in [2.75, 3.05) is 24.7 Å². The summed E-state index contributed by atoms with van der Waals surface area (Å²) in [5.41, 5.74) is 7.98. The Labute approximate surface area is 149 Å². The molecule has 0 heterocycles. The minimum Gasteiger partial charge on any atom is -0.480 e. The zero-order valence-electron chi connectivity index (χ0n) is 13.0. The van der Waals surface area contributed by atoms with Crippen molar-refractivity contribution in [3.8, 4) is 0 Å². The zero-order chi connectivity index (χ0) is 15.0. The molecule has 22 heavy (non-hydrogen) atoms. The van der Waals surface area contributed by atoms with Crippen LogP contribution in [0.25, 0.3) is 0 Å². The summed E-state index contributed by atoms with van der Waals surface area (Å²) in [7, 11) is 4.07. The number of anilines is 1. The molecule has 0 aromatic heterocycles. The molecule has 7 heteroatoms. The van der Waals surface area contributed by atoms with Crippen molar-refractivity contribution in [2.24, 2.45) is 5.73 Å². The van der Waals surface area contributed by atoms with Crippen LogP contribution < -0.4 is 10.6 Å². The molecule has 1 aromatic carbocycles. The predicted molar refractivity (Wildman–Crippen MR) is 101 cm³/mol. The third-order valence-corrected chi connectivity index (χ3v) is 4.21. The molecule has 1 rings (SSSR count). The molecule has 128 valence electrons. The maximum atomic E-state index is 10.5. The highest BCUT2D eigenvalue weighted by Crippen LogP contribution is 2.18. The smallest absolute Gasteiger partial charge is 0.320 e. The Morgan fingerprint density at radius 1 is 1.23 bits per heavy atom. The van der Waals surface area contributed by atoms with Gasteiger partial charge < -0.3 is 15.7 Å². The second-order valence-corrected chi connectivity index (χ2v) is 6.16. The molecule has 3 N–H and O–H groups in total. The summed E-state index contributed by atoms with van der Waals surface area (Å²) in [4.78, 5) is 12.6. The zero-order valence-corrected chi connectivity index (χ0v) is 15.5. The molecule has 1 aromatic rings. The first-order chi connectivity index (χ1) is 9.50. The Morgan fingerprint density at radius 2 is 1.82 bits per heavy atom. The van der Waals surface area contributed by atoms with Crippen molar-refractivity contribution in [1.82, 2.24) is 0 Å². The molecule has 0 bridgehead atoms. The number of thioether (sulfide) groups is 1. The molecular weight excluding hydrogens is 343 g/mol. The third-order valence-electron chi connectivity index (χ3n) is 3.09. The molecule has 0 spiro atoms. The van der Waals surface area contributed by atoms with E-state index in [2.05, 4.69) is 29.2 Å². The normalized spacial score (nSPS) is 11.0. The van der Waals surface area contributed by atoms with Crippen molar-refractivity contribution < 1.29 is 9.90 Å². The van der Waals surface area contributed by atoms with Crippen LogP contribution in [0.4, 0.5) is 5.69 Å². The van der Waals surface area contributed by atoms with E-state index in [1.807, 2.05) is 25.9 Å². The lowest BCUT2D eigenvalue weighted by atomic mass is 10.1. The molecule has 0 aliphatic heterocycles. The number of carboxylic acids is 1. The van der Waals surface area contributed by atoms with Crippen LogP contribution in [0, 0.1) is 0 Å². The molecule has 0 unspecified atom stereocenters. The third kappa shape index (κ3) is 9.41. The van der Waals surface area contributed by atoms with Gasteiger partial charge in [-0.1, -0.05) is 18.6 Å². The largest absolute Gasteiger partial charge is 0.480 e. The van der Waals surface area contributed by atoms with Gasteiger partial charge in [0.15, 0.2) is 0 Å². The predicted octanol–water partition coefficient (Wildman–Crippen LogP) is 3.41. The lowest BCUT2D eigenvalue weighted by Gasteiger charge is -2.12. The number of hydrogen-bond acceptors (Lipinski definition) is 4. The fourth-order valence-corrected chi connectivity index (χ4v) is 2.75. The van der Waals surface area contributed by atoms with Crippen molar-refractivity contribution in [2.45, 2.75) is 31.1 Å². The maximum absolute atomic E-state index is 10.5. The highest BCUT2D eigenvalue weighted by molar-refractivity contribution is 7.98. The van der Waals surface area contributed by atoms with E-state index in [1.165, 1.54) is 11.3 Å². The Balaban J connectivity index is 0. The average Bonchev–Trinajstić information content (AvgIpc) is 2.42. The van der Waals surface area contributed by atoms with Crippen LogP contribution in [0.5, 0.6) is 0 Å². The first-order valence-corrected chi connectivity index (χ1v) is 7.98. The van der Waals surface area contributed by atoms with Gasteiger partial charge in [0.2, 0.25) is 0 Å². The summed E-state index contributed by atoms with van der Waals surface area (Å²) >= 11 is 1.88. The molecule has 0 aliphatic rings. The molecule has 4 nitrogen and oxygen atoms in total. The first kappa shape index (κ1) is 23.6. The molecule has 0 saturated heterocycles. The minimum atomic E-state index is -0.904. The van der Waals surface area contributed by atoms with Crippen LogP contribution in [0.1, 0.15) is 24.8 Å². The number of hydrogen-bond donors (Lipinski definition) is 2. The summed E-state index contributed by atoms with van der Waals surface area (Å²) < 4.78 is 0. The van der Waals surface area contributed by atoms with Crippen LogP contribution in [0.2, 0.25) is 0 Å². The molecule has 0 amide bonds. The highest BCUT2D eigenvalue weighted by atomic mass is 35.5. The molecule has 0 fully saturated rings. The van der Waals surface area contributed by atoms with E-state index in [-0.39, 0.29) is 24.8 Å². The minimum absolute atomic E-state index is 0. The van der Waals surface area contributed by atoms with E-state index < -0.39 is 12.0 Å². The number of aliphatic carboxylic acids is 1. The van der Waals surface area contributed by atoms with Crippen LogP contribution in [-0.4, -0.2) is 37.0 Å². The fraction of sp³-hybridized carbons (Fsp3) is 0.533. The number of nitrogens with two attached hydrogens (primary N) is 1. The van der Waals surface area contributed by atoms with Gasteiger partial charge in [0.1, 0.15) is 6.04 Å².